The molecule has 0 aromatic carbocycles. The van der Waals surface area contributed by atoms with Gasteiger partial charge in [-0.15, -0.1) is 0 Å². The number of aryl methyl sites for hydroxylation is 1. The topological polar surface area (TPSA) is 69.0 Å². The molecule has 5 nitrogen and oxygen atoms in total. The number of nitrogens with zero attached hydrogens (tertiary/aromatic N) is 2. The van der Waals surface area contributed by atoms with Crippen molar-refractivity contribution in [2.24, 2.45) is 12.9 Å². The minimum atomic E-state index is -0.0765. The molecular weight excluding hydrogens is 272 g/mol. The van der Waals surface area contributed by atoms with Gasteiger partial charge < -0.3 is 8.98 Å². The Hall–Kier alpha value is -1.11. The zero-order chi connectivity index (χ0) is 11.5. The minimum Gasteiger partial charge on any atom is -0.453 e. The summed E-state index contributed by atoms with van der Waals surface area (Å²) in [4.78, 5) is 4.25. The van der Waals surface area contributed by atoms with E-state index in [0.29, 0.717) is 11.1 Å². The zero-order valence-electron chi connectivity index (χ0n) is 8.85. The van der Waals surface area contributed by atoms with Crippen LogP contribution in [0.2, 0.25) is 0 Å². The molecule has 1 atom stereocenters. The minimum absolute atomic E-state index is 0.0765. The third-order valence-corrected chi connectivity index (χ3v) is 2.87. The Balaban J connectivity index is 2.15. The van der Waals surface area contributed by atoms with Crippen molar-refractivity contribution in [3.05, 3.63) is 40.8 Å². The summed E-state index contributed by atoms with van der Waals surface area (Å²) in [6.45, 7) is 0. The van der Waals surface area contributed by atoms with Gasteiger partial charge in [0.25, 0.3) is 0 Å². The van der Waals surface area contributed by atoms with Crippen LogP contribution >= 0.6 is 15.9 Å². The highest BCUT2D eigenvalue weighted by Gasteiger charge is 2.16. The van der Waals surface area contributed by atoms with Crippen LogP contribution in [0.4, 0.5) is 0 Å². The molecule has 0 radical (unpaired) electrons. The van der Waals surface area contributed by atoms with Crippen molar-refractivity contribution >= 4 is 15.9 Å². The SMILES string of the molecule is Cn1ccnc1CC(NN)c1ccc(Br)o1. The lowest BCUT2D eigenvalue weighted by molar-refractivity contribution is 0.398. The summed E-state index contributed by atoms with van der Waals surface area (Å²) in [5, 5.41) is 0. The van der Waals surface area contributed by atoms with Crippen LogP contribution in [0.15, 0.2) is 33.6 Å². The average Bonchev–Trinajstić information content (AvgIpc) is 2.85. The molecule has 0 fully saturated rings. The van der Waals surface area contributed by atoms with Crippen molar-refractivity contribution in [3.63, 3.8) is 0 Å². The average molecular weight is 285 g/mol. The summed E-state index contributed by atoms with van der Waals surface area (Å²) < 4.78 is 8.12. The number of nitrogens with two attached hydrogens (primary N) is 1. The third kappa shape index (κ3) is 2.34. The number of rotatable bonds is 4. The molecule has 2 heterocycles. The number of halogens is 1. The van der Waals surface area contributed by atoms with E-state index >= 15 is 0 Å². The number of nitrogens with one attached hydrogen (secondary N) is 1. The summed E-state index contributed by atoms with van der Waals surface area (Å²) in [6.07, 6.45) is 4.35. The Labute approximate surface area is 102 Å². The highest BCUT2D eigenvalue weighted by atomic mass is 79.9. The van der Waals surface area contributed by atoms with Gasteiger partial charge in [0.05, 0.1) is 6.04 Å². The molecule has 0 saturated carbocycles. The first-order valence-corrected chi connectivity index (χ1v) is 5.67. The molecule has 2 rings (SSSR count). The fraction of sp³-hybridized carbons (Fsp3) is 0.300. The molecule has 0 spiro atoms. The second-order valence-corrected chi connectivity index (χ2v) is 4.30. The van der Waals surface area contributed by atoms with E-state index < -0.39 is 0 Å². The maximum Gasteiger partial charge on any atom is 0.169 e. The molecule has 86 valence electrons. The Morgan fingerprint density at radius 2 is 2.44 bits per heavy atom. The predicted molar refractivity (Wildman–Crippen MR) is 63.4 cm³/mol. The highest BCUT2D eigenvalue weighted by Crippen LogP contribution is 2.22. The van der Waals surface area contributed by atoms with E-state index in [-0.39, 0.29) is 6.04 Å². The normalized spacial score (nSPS) is 12.9. The van der Waals surface area contributed by atoms with Crippen molar-refractivity contribution in [3.8, 4) is 0 Å². The van der Waals surface area contributed by atoms with Crippen LogP contribution in [0.3, 0.4) is 0 Å². The van der Waals surface area contributed by atoms with E-state index in [0.717, 1.165) is 11.6 Å². The fourth-order valence-corrected chi connectivity index (χ4v) is 1.85. The largest absolute Gasteiger partial charge is 0.453 e. The summed E-state index contributed by atoms with van der Waals surface area (Å²) in [7, 11) is 1.95. The van der Waals surface area contributed by atoms with Crippen LogP contribution in [0.25, 0.3) is 0 Å². The molecule has 2 aromatic rings. The van der Waals surface area contributed by atoms with Crippen LogP contribution in [-0.4, -0.2) is 9.55 Å². The van der Waals surface area contributed by atoms with Gasteiger partial charge in [0.1, 0.15) is 11.6 Å². The lowest BCUT2D eigenvalue weighted by Crippen LogP contribution is -2.30. The number of imidazole rings is 1. The molecule has 6 heteroatoms. The van der Waals surface area contributed by atoms with E-state index in [1.54, 1.807) is 6.20 Å². The number of hydrogen-bond acceptors (Lipinski definition) is 4. The van der Waals surface area contributed by atoms with Gasteiger partial charge in [0.15, 0.2) is 4.67 Å². The first-order chi connectivity index (χ1) is 7.70. The Morgan fingerprint density at radius 3 is 2.94 bits per heavy atom. The lowest BCUT2D eigenvalue weighted by atomic mass is 10.1. The Bertz CT molecular complexity index is 465. The number of hydrogen-bond donors (Lipinski definition) is 2. The van der Waals surface area contributed by atoms with Crippen molar-refractivity contribution < 1.29 is 4.42 Å². The van der Waals surface area contributed by atoms with Crippen LogP contribution in [0.1, 0.15) is 17.6 Å². The molecule has 0 saturated heterocycles. The maximum absolute atomic E-state index is 5.52. The fourth-order valence-electron chi connectivity index (χ4n) is 1.53. The monoisotopic (exact) mass is 284 g/mol. The maximum atomic E-state index is 5.52. The van der Waals surface area contributed by atoms with E-state index in [9.17, 15) is 0 Å². The van der Waals surface area contributed by atoms with Gasteiger partial charge in [-0.05, 0) is 28.1 Å². The van der Waals surface area contributed by atoms with Gasteiger partial charge in [0.2, 0.25) is 0 Å². The van der Waals surface area contributed by atoms with E-state index in [4.69, 9.17) is 10.3 Å². The van der Waals surface area contributed by atoms with Crippen LogP contribution in [0, 0.1) is 0 Å². The summed E-state index contributed by atoms with van der Waals surface area (Å²) in [6, 6.07) is 3.66. The lowest BCUT2D eigenvalue weighted by Gasteiger charge is -2.12. The number of furan rings is 1. The summed E-state index contributed by atoms with van der Waals surface area (Å²) in [5.41, 5.74) is 2.73. The van der Waals surface area contributed by atoms with Gasteiger partial charge in [-0.2, -0.15) is 0 Å². The van der Waals surface area contributed by atoms with Crippen LogP contribution < -0.4 is 11.3 Å². The molecule has 0 aliphatic carbocycles. The molecule has 0 aliphatic rings. The van der Waals surface area contributed by atoms with E-state index in [2.05, 4.69) is 26.3 Å². The molecule has 16 heavy (non-hydrogen) atoms. The van der Waals surface area contributed by atoms with Crippen molar-refractivity contribution in [1.29, 1.82) is 0 Å². The van der Waals surface area contributed by atoms with Gasteiger partial charge in [-0.3, -0.25) is 5.84 Å². The van der Waals surface area contributed by atoms with Crippen LogP contribution in [-0.2, 0) is 13.5 Å². The first-order valence-electron chi connectivity index (χ1n) is 4.88. The molecule has 0 aliphatic heterocycles. The van der Waals surface area contributed by atoms with E-state index in [1.807, 2.05) is 29.9 Å². The second kappa shape index (κ2) is 4.82. The Kier molecular flexibility index (Phi) is 3.42. The highest BCUT2D eigenvalue weighted by molar-refractivity contribution is 9.10. The smallest absolute Gasteiger partial charge is 0.169 e. The number of aromatic nitrogens is 2. The summed E-state index contributed by atoms with van der Waals surface area (Å²) in [5.74, 6) is 7.26. The van der Waals surface area contributed by atoms with Crippen molar-refractivity contribution in [2.45, 2.75) is 12.5 Å². The quantitative estimate of drug-likeness (QED) is 0.660. The van der Waals surface area contributed by atoms with Gasteiger partial charge in [-0.1, -0.05) is 0 Å². The Morgan fingerprint density at radius 1 is 1.62 bits per heavy atom. The van der Waals surface area contributed by atoms with Gasteiger partial charge in [0, 0.05) is 25.9 Å². The number of hydrazine groups is 1. The first kappa shape index (κ1) is 11.4. The second-order valence-electron chi connectivity index (χ2n) is 3.52. The van der Waals surface area contributed by atoms with E-state index in [1.165, 1.54) is 0 Å². The van der Waals surface area contributed by atoms with Crippen LogP contribution in [0.5, 0.6) is 0 Å². The molecule has 0 amide bonds. The molecular formula is C10H13BrN4O. The van der Waals surface area contributed by atoms with Crippen molar-refractivity contribution in [1.82, 2.24) is 15.0 Å². The molecule has 3 N–H and O–H groups in total. The third-order valence-electron chi connectivity index (χ3n) is 2.45. The predicted octanol–water partition coefficient (Wildman–Crippen LogP) is 1.52. The summed E-state index contributed by atoms with van der Waals surface area (Å²) >= 11 is 3.27. The van der Waals surface area contributed by atoms with Gasteiger partial charge >= 0.3 is 0 Å². The molecule has 1 unspecified atom stereocenters. The molecule has 0 bridgehead atoms. The van der Waals surface area contributed by atoms with Gasteiger partial charge in [-0.25, -0.2) is 10.4 Å². The van der Waals surface area contributed by atoms with Crippen molar-refractivity contribution in [2.75, 3.05) is 0 Å². The zero-order valence-corrected chi connectivity index (χ0v) is 10.4. The molecule has 2 aromatic heterocycles. The standard InChI is InChI=1S/C10H13BrN4O/c1-15-5-4-13-10(15)6-7(14-12)8-2-3-9(11)16-8/h2-5,7,14H,6,12H2,1H3.